The fourth-order valence-electron chi connectivity index (χ4n) is 3.09. The van der Waals surface area contributed by atoms with Crippen LogP contribution < -0.4 is 5.73 Å². The first-order chi connectivity index (χ1) is 11.6. The van der Waals surface area contributed by atoms with Gasteiger partial charge in [-0.2, -0.15) is 0 Å². The molecule has 0 spiro atoms. The number of piperidine rings is 1. The molecule has 1 aromatic heterocycles. The van der Waals surface area contributed by atoms with Crippen molar-refractivity contribution in [2.45, 2.75) is 25.7 Å². The lowest BCUT2D eigenvalue weighted by molar-refractivity contribution is 0.0686. The highest BCUT2D eigenvalue weighted by atomic mass is 16.3. The smallest absolute Gasteiger partial charge is 0.256 e. The number of nitrogen functional groups attached to an aromatic ring is 1. The Bertz CT molecular complexity index is 677. The third kappa shape index (κ3) is 4.01. The third-order valence-corrected chi connectivity index (χ3v) is 4.60. The molecule has 0 unspecified atom stereocenters. The minimum absolute atomic E-state index is 0.0213. The summed E-state index contributed by atoms with van der Waals surface area (Å²) < 4.78 is 0. The van der Waals surface area contributed by atoms with E-state index >= 15 is 0 Å². The Labute approximate surface area is 141 Å². The van der Waals surface area contributed by atoms with E-state index in [1.807, 2.05) is 17.0 Å². The number of phenolic OH excluding ortho intramolecular Hbond substituents is 1. The number of benzene rings is 1. The van der Waals surface area contributed by atoms with Crippen molar-refractivity contribution in [2.24, 2.45) is 5.92 Å². The molecule has 3 rings (SSSR count). The summed E-state index contributed by atoms with van der Waals surface area (Å²) in [5, 5.41) is 9.31. The topological polar surface area (TPSA) is 92.3 Å². The number of carbonyl (C=O) groups is 1. The predicted molar refractivity (Wildman–Crippen MR) is 91.5 cm³/mol. The van der Waals surface area contributed by atoms with Crippen LogP contribution in [0.25, 0.3) is 0 Å². The van der Waals surface area contributed by atoms with Crippen molar-refractivity contribution in [2.75, 3.05) is 18.8 Å². The second-order valence-electron chi connectivity index (χ2n) is 6.27. The molecule has 2 aromatic rings. The second-order valence-corrected chi connectivity index (χ2v) is 6.27. The van der Waals surface area contributed by atoms with Gasteiger partial charge in [0.1, 0.15) is 5.75 Å². The Kier molecular flexibility index (Phi) is 4.93. The maximum absolute atomic E-state index is 12.4. The molecule has 24 heavy (non-hydrogen) atoms. The molecule has 6 nitrogen and oxygen atoms in total. The van der Waals surface area contributed by atoms with Crippen LogP contribution >= 0.6 is 0 Å². The normalized spacial score (nSPS) is 15.4. The van der Waals surface area contributed by atoms with Gasteiger partial charge in [0.25, 0.3) is 5.91 Å². The minimum atomic E-state index is -0.0213. The van der Waals surface area contributed by atoms with E-state index < -0.39 is 0 Å². The number of anilines is 1. The van der Waals surface area contributed by atoms with E-state index in [1.54, 1.807) is 12.1 Å². The summed E-state index contributed by atoms with van der Waals surface area (Å²) in [5.41, 5.74) is 7.19. The number of nitrogens with zero attached hydrogens (tertiary/aromatic N) is 3. The monoisotopic (exact) mass is 326 g/mol. The molecule has 2 heterocycles. The van der Waals surface area contributed by atoms with Gasteiger partial charge in [0.15, 0.2) is 0 Å². The first kappa shape index (κ1) is 16.2. The van der Waals surface area contributed by atoms with Crippen LogP contribution in [0.2, 0.25) is 0 Å². The highest BCUT2D eigenvalue weighted by molar-refractivity contribution is 5.93. The number of nitrogens with two attached hydrogens (primary N) is 1. The Balaban J connectivity index is 1.47. The van der Waals surface area contributed by atoms with Gasteiger partial charge >= 0.3 is 0 Å². The molecular formula is C18H22N4O2. The van der Waals surface area contributed by atoms with Gasteiger partial charge < -0.3 is 15.7 Å². The third-order valence-electron chi connectivity index (χ3n) is 4.60. The van der Waals surface area contributed by atoms with Gasteiger partial charge in [-0.1, -0.05) is 12.1 Å². The van der Waals surface area contributed by atoms with Crippen molar-refractivity contribution in [1.29, 1.82) is 0 Å². The van der Waals surface area contributed by atoms with Crippen molar-refractivity contribution in [3.05, 3.63) is 47.8 Å². The number of rotatable bonds is 4. The van der Waals surface area contributed by atoms with Gasteiger partial charge in [-0.05, 0) is 49.3 Å². The highest BCUT2D eigenvalue weighted by Crippen LogP contribution is 2.24. The number of hydrogen-bond donors (Lipinski definition) is 2. The van der Waals surface area contributed by atoms with Crippen molar-refractivity contribution < 1.29 is 9.90 Å². The van der Waals surface area contributed by atoms with Crippen LogP contribution in [-0.2, 0) is 6.42 Å². The first-order valence-electron chi connectivity index (χ1n) is 8.26. The fraction of sp³-hybridized carbons (Fsp3) is 0.389. The van der Waals surface area contributed by atoms with Gasteiger partial charge in [-0.15, -0.1) is 0 Å². The summed E-state index contributed by atoms with van der Waals surface area (Å²) in [6, 6.07) is 7.39. The maximum Gasteiger partial charge on any atom is 0.256 e. The Morgan fingerprint density at radius 2 is 1.79 bits per heavy atom. The van der Waals surface area contributed by atoms with Crippen LogP contribution in [0.5, 0.6) is 5.75 Å². The van der Waals surface area contributed by atoms with E-state index in [0.29, 0.717) is 17.2 Å². The molecule has 1 aromatic carbocycles. The van der Waals surface area contributed by atoms with Crippen LogP contribution in [0.3, 0.4) is 0 Å². The summed E-state index contributed by atoms with van der Waals surface area (Å²) in [6.45, 7) is 1.53. The lowest BCUT2D eigenvalue weighted by Crippen LogP contribution is -2.38. The average molecular weight is 326 g/mol. The van der Waals surface area contributed by atoms with Gasteiger partial charge in [0, 0.05) is 25.5 Å². The quantitative estimate of drug-likeness (QED) is 0.899. The van der Waals surface area contributed by atoms with Gasteiger partial charge in [-0.25, -0.2) is 9.97 Å². The molecule has 1 saturated heterocycles. The zero-order valence-electron chi connectivity index (χ0n) is 13.6. The molecule has 1 amide bonds. The SMILES string of the molecule is Nc1ncc(C(=O)N2CCC(CCc3ccc(O)cc3)CC2)cn1. The lowest BCUT2D eigenvalue weighted by atomic mass is 9.90. The van der Waals surface area contributed by atoms with E-state index in [1.165, 1.54) is 18.0 Å². The van der Waals surface area contributed by atoms with Crippen molar-refractivity contribution in [3.8, 4) is 5.75 Å². The molecule has 1 aliphatic heterocycles. The number of carbonyl (C=O) groups excluding carboxylic acids is 1. The Morgan fingerprint density at radius 1 is 1.17 bits per heavy atom. The molecule has 0 bridgehead atoms. The Hall–Kier alpha value is -2.63. The van der Waals surface area contributed by atoms with Crippen LogP contribution in [-0.4, -0.2) is 39.0 Å². The standard InChI is InChI=1S/C18H22N4O2/c19-18-20-11-15(12-21-18)17(24)22-9-7-14(8-10-22)2-1-13-3-5-16(23)6-4-13/h3-6,11-12,14,23H,1-2,7-10H2,(H2,19,20,21). The average Bonchev–Trinajstić information content (AvgIpc) is 2.62. The number of phenols is 1. The number of amides is 1. The number of hydrogen-bond acceptors (Lipinski definition) is 5. The van der Waals surface area contributed by atoms with Gasteiger partial charge in [-0.3, -0.25) is 4.79 Å². The van der Waals surface area contributed by atoms with Gasteiger partial charge in [0.05, 0.1) is 5.56 Å². The number of aromatic hydroxyl groups is 1. The van der Waals surface area contributed by atoms with E-state index in [0.717, 1.165) is 38.8 Å². The first-order valence-corrected chi connectivity index (χ1v) is 8.26. The fourth-order valence-corrected chi connectivity index (χ4v) is 3.09. The molecule has 0 aliphatic carbocycles. The molecule has 1 aliphatic rings. The number of aryl methyl sites for hydroxylation is 1. The Morgan fingerprint density at radius 3 is 2.42 bits per heavy atom. The molecule has 1 fully saturated rings. The summed E-state index contributed by atoms with van der Waals surface area (Å²) in [7, 11) is 0. The second kappa shape index (κ2) is 7.29. The zero-order valence-corrected chi connectivity index (χ0v) is 13.6. The number of aromatic nitrogens is 2. The van der Waals surface area contributed by atoms with E-state index in [4.69, 9.17) is 5.73 Å². The molecule has 6 heteroatoms. The molecule has 3 N–H and O–H groups in total. The predicted octanol–water partition coefficient (Wildman–Crippen LogP) is 2.25. The minimum Gasteiger partial charge on any atom is -0.508 e. The van der Waals surface area contributed by atoms with Crippen LogP contribution in [0.15, 0.2) is 36.7 Å². The lowest BCUT2D eigenvalue weighted by Gasteiger charge is -2.32. The largest absolute Gasteiger partial charge is 0.508 e. The maximum atomic E-state index is 12.4. The molecule has 0 atom stereocenters. The van der Waals surface area contributed by atoms with E-state index in [9.17, 15) is 9.90 Å². The van der Waals surface area contributed by atoms with Crippen LogP contribution in [0.1, 0.15) is 35.2 Å². The molecule has 0 saturated carbocycles. The summed E-state index contributed by atoms with van der Waals surface area (Å²) in [4.78, 5) is 22.0. The van der Waals surface area contributed by atoms with E-state index in [-0.39, 0.29) is 11.9 Å². The summed E-state index contributed by atoms with van der Waals surface area (Å²) in [5.74, 6) is 1.09. The van der Waals surface area contributed by atoms with Crippen molar-refractivity contribution in [3.63, 3.8) is 0 Å². The molecule has 126 valence electrons. The zero-order chi connectivity index (χ0) is 16.9. The van der Waals surface area contributed by atoms with Gasteiger partial charge in [0.2, 0.25) is 5.95 Å². The van der Waals surface area contributed by atoms with Crippen molar-refractivity contribution >= 4 is 11.9 Å². The van der Waals surface area contributed by atoms with Crippen molar-refractivity contribution in [1.82, 2.24) is 14.9 Å². The summed E-state index contributed by atoms with van der Waals surface area (Å²) in [6.07, 6.45) is 7.12. The van der Waals surface area contributed by atoms with Crippen LogP contribution in [0.4, 0.5) is 5.95 Å². The van der Waals surface area contributed by atoms with E-state index in [2.05, 4.69) is 9.97 Å². The van der Waals surface area contributed by atoms with Crippen LogP contribution in [0, 0.1) is 5.92 Å². The molecular weight excluding hydrogens is 304 g/mol. The number of likely N-dealkylation sites (tertiary alicyclic amines) is 1. The summed E-state index contributed by atoms with van der Waals surface area (Å²) >= 11 is 0. The highest BCUT2D eigenvalue weighted by Gasteiger charge is 2.23. The molecule has 0 radical (unpaired) electrons.